The third-order valence-electron chi connectivity index (χ3n) is 2.53. The van der Waals surface area contributed by atoms with Crippen LogP contribution < -0.4 is 0 Å². The Morgan fingerprint density at radius 3 is 2.67 bits per heavy atom. The van der Waals surface area contributed by atoms with Crippen molar-refractivity contribution in [3.63, 3.8) is 0 Å². The van der Waals surface area contributed by atoms with Crippen molar-refractivity contribution in [1.29, 1.82) is 0 Å². The number of hydrogen-bond donors (Lipinski definition) is 0. The molecule has 0 bridgehead atoms. The van der Waals surface area contributed by atoms with E-state index in [9.17, 15) is 9.18 Å². The first-order chi connectivity index (χ1) is 8.58. The fraction of sp³-hybridized carbons (Fsp3) is 0.0714. The van der Waals surface area contributed by atoms with Crippen LogP contribution in [0.25, 0.3) is 0 Å². The SMILES string of the molecule is O=C(Cc1cccc(Cl)c1F)c1cccc(I)c1. The van der Waals surface area contributed by atoms with E-state index in [2.05, 4.69) is 22.6 Å². The third-order valence-corrected chi connectivity index (χ3v) is 3.49. The highest BCUT2D eigenvalue weighted by atomic mass is 127. The minimum Gasteiger partial charge on any atom is -0.294 e. The van der Waals surface area contributed by atoms with E-state index in [4.69, 9.17) is 11.6 Å². The number of Topliss-reactive ketones (excluding diaryl/α,β-unsaturated/α-hetero) is 1. The number of carbonyl (C=O) groups excluding carboxylic acids is 1. The fourth-order valence-corrected chi connectivity index (χ4v) is 2.36. The Morgan fingerprint density at radius 2 is 1.94 bits per heavy atom. The maximum atomic E-state index is 13.7. The van der Waals surface area contributed by atoms with Crippen LogP contribution in [-0.2, 0) is 6.42 Å². The molecule has 0 heterocycles. The lowest BCUT2D eigenvalue weighted by Crippen LogP contribution is -2.05. The van der Waals surface area contributed by atoms with E-state index in [1.54, 1.807) is 24.3 Å². The predicted molar refractivity (Wildman–Crippen MR) is 78.6 cm³/mol. The first-order valence-corrected chi connectivity index (χ1v) is 6.75. The summed E-state index contributed by atoms with van der Waals surface area (Å²) < 4.78 is 14.6. The zero-order chi connectivity index (χ0) is 13.1. The second-order valence-electron chi connectivity index (χ2n) is 3.82. The summed E-state index contributed by atoms with van der Waals surface area (Å²) in [5.41, 5.74) is 0.910. The highest BCUT2D eigenvalue weighted by Gasteiger charge is 2.12. The van der Waals surface area contributed by atoms with E-state index in [1.807, 2.05) is 12.1 Å². The van der Waals surface area contributed by atoms with Gasteiger partial charge in [-0.3, -0.25) is 4.79 Å². The number of rotatable bonds is 3. The molecule has 0 amide bonds. The summed E-state index contributed by atoms with van der Waals surface area (Å²) in [7, 11) is 0. The average Bonchev–Trinajstić information content (AvgIpc) is 2.35. The monoisotopic (exact) mass is 374 g/mol. The van der Waals surface area contributed by atoms with Gasteiger partial charge in [0.05, 0.1) is 5.02 Å². The topological polar surface area (TPSA) is 17.1 Å². The Kier molecular flexibility index (Phi) is 4.35. The van der Waals surface area contributed by atoms with Gasteiger partial charge in [0.25, 0.3) is 0 Å². The molecule has 0 aliphatic heterocycles. The zero-order valence-corrected chi connectivity index (χ0v) is 12.2. The number of halogens is 3. The minimum absolute atomic E-state index is 0.0203. The molecule has 0 aliphatic carbocycles. The molecule has 0 aromatic heterocycles. The Labute approximate surface area is 123 Å². The second-order valence-corrected chi connectivity index (χ2v) is 5.48. The van der Waals surface area contributed by atoms with Gasteiger partial charge in [-0.2, -0.15) is 0 Å². The lowest BCUT2D eigenvalue weighted by atomic mass is 10.0. The summed E-state index contributed by atoms with van der Waals surface area (Å²) in [5.74, 6) is -0.632. The second kappa shape index (κ2) is 5.80. The number of hydrogen-bond acceptors (Lipinski definition) is 1. The summed E-state index contributed by atoms with van der Waals surface area (Å²) in [6.07, 6.45) is 0.0203. The molecule has 0 aliphatic rings. The van der Waals surface area contributed by atoms with E-state index >= 15 is 0 Å². The molecule has 0 fully saturated rings. The largest absolute Gasteiger partial charge is 0.294 e. The van der Waals surface area contributed by atoms with Crippen molar-refractivity contribution in [3.8, 4) is 0 Å². The molecule has 0 N–H and O–H groups in total. The van der Waals surface area contributed by atoms with Crippen molar-refractivity contribution in [2.45, 2.75) is 6.42 Å². The van der Waals surface area contributed by atoms with Crippen LogP contribution in [0.1, 0.15) is 15.9 Å². The molecule has 2 aromatic rings. The summed E-state index contributed by atoms with van der Waals surface area (Å²) in [4.78, 5) is 12.0. The molecule has 0 atom stereocenters. The van der Waals surface area contributed by atoms with Crippen molar-refractivity contribution in [3.05, 3.63) is 68.0 Å². The lowest BCUT2D eigenvalue weighted by molar-refractivity contribution is 0.0992. The molecule has 2 aromatic carbocycles. The molecule has 0 saturated heterocycles. The average molecular weight is 375 g/mol. The zero-order valence-electron chi connectivity index (χ0n) is 9.29. The van der Waals surface area contributed by atoms with Gasteiger partial charge in [0.15, 0.2) is 5.78 Å². The Balaban J connectivity index is 2.24. The van der Waals surface area contributed by atoms with Crippen molar-refractivity contribution in [1.82, 2.24) is 0 Å². The van der Waals surface area contributed by atoms with Crippen LogP contribution in [0.15, 0.2) is 42.5 Å². The van der Waals surface area contributed by atoms with E-state index in [1.165, 1.54) is 6.07 Å². The predicted octanol–water partition coefficient (Wildman–Crippen LogP) is 4.51. The normalized spacial score (nSPS) is 10.4. The van der Waals surface area contributed by atoms with Crippen molar-refractivity contribution >= 4 is 40.0 Å². The molecule has 0 spiro atoms. The molecule has 0 unspecified atom stereocenters. The Hall–Kier alpha value is -0.940. The van der Waals surface area contributed by atoms with E-state index < -0.39 is 5.82 Å². The summed E-state index contributed by atoms with van der Waals surface area (Å²) in [6.45, 7) is 0. The van der Waals surface area contributed by atoms with Crippen molar-refractivity contribution in [2.24, 2.45) is 0 Å². The maximum absolute atomic E-state index is 13.7. The van der Waals surface area contributed by atoms with Crippen LogP contribution in [0.4, 0.5) is 4.39 Å². The maximum Gasteiger partial charge on any atom is 0.167 e. The standard InChI is InChI=1S/C14H9ClFIO/c15-12-6-2-4-10(14(12)16)8-13(18)9-3-1-5-11(17)7-9/h1-7H,8H2. The van der Waals surface area contributed by atoms with Gasteiger partial charge < -0.3 is 0 Å². The van der Waals surface area contributed by atoms with E-state index in [0.29, 0.717) is 11.1 Å². The molecule has 4 heteroatoms. The quantitative estimate of drug-likeness (QED) is 0.571. The molecule has 0 saturated carbocycles. The van der Waals surface area contributed by atoms with Crippen LogP contribution in [-0.4, -0.2) is 5.78 Å². The van der Waals surface area contributed by atoms with Crippen LogP contribution in [0.2, 0.25) is 5.02 Å². The van der Waals surface area contributed by atoms with E-state index in [0.717, 1.165) is 3.57 Å². The van der Waals surface area contributed by atoms with Crippen LogP contribution in [0.5, 0.6) is 0 Å². The van der Waals surface area contributed by atoms with Gasteiger partial charge in [0.1, 0.15) is 5.82 Å². The van der Waals surface area contributed by atoms with Gasteiger partial charge in [-0.25, -0.2) is 4.39 Å². The van der Waals surface area contributed by atoms with Crippen LogP contribution in [0, 0.1) is 9.39 Å². The lowest BCUT2D eigenvalue weighted by Gasteiger charge is -2.04. The molecule has 2 rings (SSSR count). The van der Waals surface area contributed by atoms with Crippen molar-refractivity contribution < 1.29 is 9.18 Å². The van der Waals surface area contributed by atoms with Gasteiger partial charge in [-0.1, -0.05) is 35.9 Å². The highest BCUT2D eigenvalue weighted by Crippen LogP contribution is 2.19. The fourth-order valence-electron chi connectivity index (χ4n) is 1.62. The Bertz CT molecular complexity index is 598. The van der Waals surface area contributed by atoms with Gasteiger partial charge in [-0.15, -0.1) is 0 Å². The van der Waals surface area contributed by atoms with Crippen LogP contribution in [0.3, 0.4) is 0 Å². The molecular formula is C14H9ClFIO. The summed E-state index contributed by atoms with van der Waals surface area (Å²) in [6, 6.07) is 11.9. The molecule has 1 nitrogen and oxygen atoms in total. The minimum atomic E-state index is -0.516. The number of carbonyl (C=O) groups is 1. The smallest absolute Gasteiger partial charge is 0.167 e. The number of benzene rings is 2. The first-order valence-electron chi connectivity index (χ1n) is 5.29. The molecule has 0 radical (unpaired) electrons. The first kappa shape index (κ1) is 13.5. The number of ketones is 1. The van der Waals surface area contributed by atoms with Crippen LogP contribution >= 0.6 is 34.2 Å². The molecular weight excluding hydrogens is 366 g/mol. The Morgan fingerprint density at radius 1 is 1.22 bits per heavy atom. The molecule has 18 heavy (non-hydrogen) atoms. The summed E-state index contributed by atoms with van der Waals surface area (Å²) >= 11 is 7.82. The van der Waals surface area contributed by atoms with Gasteiger partial charge in [0, 0.05) is 15.6 Å². The van der Waals surface area contributed by atoms with Gasteiger partial charge >= 0.3 is 0 Å². The highest BCUT2D eigenvalue weighted by molar-refractivity contribution is 14.1. The van der Waals surface area contributed by atoms with Gasteiger partial charge in [0.2, 0.25) is 0 Å². The van der Waals surface area contributed by atoms with Crippen molar-refractivity contribution in [2.75, 3.05) is 0 Å². The third kappa shape index (κ3) is 3.09. The molecule has 92 valence electrons. The van der Waals surface area contributed by atoms with Gasteiger partial charge in [-0.05, 0) is 46.4 Å². The summed E-state index contributed by atoms with van der Waals surface area (Å²) in [5, 5.41) is 0.0444. The van der Waals surface area contributed by atoms with E-state index in [-0.39, 0.29) is 17.2 Å².